The predicted molar refractivity (Wildman–Crippen MR) is 80.4 cm³/mol. The minimum Gasteiger partial charge on any atom is -0.361 e. The molecule has 0 spiro atoms. The lowest BCUT2D eigenvalue weighted by Crippen LogP contribution is -2.11. The zero-order chi connectivity index (χ0) is 13.2. The van der Waals surface area contributed by atoms with Crippen LogP contribution < -0.4 is 5.32 Å². The molecule has 0 fully saturated rings. The van der Waals surface area contributed by atoms with Crippen molar-refractivity contribution in [3.8, 4) is 0 Å². The molecule has 1 amide bonds. The summed E-state index contributed by atoms with van der Waals surface area (Å²) in [5, 5.41) is 3.90. The van der Waals surface area contributed by atoms with Gasteiger partial charge in [-0.25, -0.2) is 0 Å². The third-order valence-corrected chi connectivity index (χ3v) is 3.45. The zero-order valence-electron chi connectivity index (χ0n) is 9.98. The van der Waals surface area contributed by atoms with Gasteiger partial charge in [0.05, 0.1) is 0 Å². The number of fused-ring (bicyclic) bond motifs is 1. The van der Waals surface area contributed by atoms with Crippen molar-refractivity contribution in [2.75, 3.05) is 5.32 Å². The van der Waals surface area contributed by atoms with Crippen molar-refractivity contribution < 1.29 is 4.79 Å². The van der Waals surface area contributed by atoms with E-state index in [1.54, 1.807) is 0 Å². The number of benzene rings is 2. The summed E-state index contributed by atoms with van der Waals surface area (Å²) >= 11 is 3.36. The quantitative estimate of drug-likeness (QED) is 0.732. The Hall–Kier alpha value is -2.07. The van der Waals surface area contributed by atoms with Crippen LogP contribution in [0.2, 0.25) is 0 Å². The van der Waals surface area contributed by atoms with Gasteiger partial charge in [-0.3, -0.25) is 4.79 Å². The smallest absolute Gasteiger partial charge is 0.255 e. The fourth-order valence-electron chi connectivity index (χ4n) is 1.93. The number of halogens is 1. The maximum atomic E-state index is 12.1. The van der Waals surface area contributed by atoms with Crippen LogP contribution in [-0.4, -0.2) is 10.9 Å². The highest BCUT2D eigenvalue weighted by Crippen LogP contribution is 2.17. The molecule has 0 aliphatic heterocycles. The maximum Gasteiger partial charge on any atom is 0.255 e. The molecule has 0 aliphatic carbocycles. The zero-order valence-corrected chi connectivity index (χ0v) is 11.6. The fourth-order valence-corrected chi connectivity index (χ4v) is 2.20. The van der Waals surface area contributed by atoms with E-state index in [4.69, 9.17) is 0 Å². The summed E-state index contributed by atoms with van der Waals surface area (Å²) in [4.78, 5) is 15.2. The Balaban J connectivity index is 1.84. The molecule has 0 bridgehead atoms. The molecular weight excluding hydrogens is 304 g/mol. The number of aromatic nitrogens is 1. The van der Waals surface area contributed by atoms with Crippen molar-refractivity contribution in [1.29, 1.82) is 0 Å². The highest BCUT2D eigenvalue weighted by atomic mass is 79.9. The van der Waals surface area contributed by atoms with Crippen LogP contribution in [0.25, 0.3) is 10.9 Å². The van der Waals surface area contributed by atoms with Crippen molar-refractivity contribution in [1.82, 2.24) is 4.98 Å². The summed E-state index contributed by atoms with van der Waals surface area (Å²) in [6.07, 6.45) is 1.86. The normalized spacial score (nSPS) is 10.6. The highest BCUT2D eigenvalue weighted by Gasteiger charge is 2.07. The van der Waals surface area contributed by atoms with Crippen molar-refractivity contribution in [3.05, 3.63) is 64.8 Å². The Kier molecular flexibility index (Phi) is 3.09. The molecule has 94 valence electrons. The number of hydrogen-bond donors (Lipinski definition) is 2. The molecule has 4 heteroatoms. The molecule has 0 aliphatic rings. The molecule has 2 N–H and O–H groups in total. The van der Waals surface area contributed by atoms with E-state index in [1.165, 1.54) is 0 Å². The number of H-pyrrole nitrogens is 1. The standard InChI is InChI=1S/C15H11BrN2O/c16-12-2-4-13(5-3-12)18-15(19)11-1-6-14-10(9-11)7-8-17-14/h1-9,17H,(H,18,19). The van der Waals surface area contributed by atoms with Crippen molar-refractivity contribution >= 4 is 38.4 Å². The van der Waals surface area contributed by atoms with Crippen LogP contribution in [0.1, 0.15) is 10.4 Å². The van der Waals surface area contributed by atoms with Gasteiger partial charge in [-0.05, 0) is 48.5 Å². The van der Waals surface area contributed by atoms with Crippen LogP contribution in [0.15, 0.2) is 59.2 Å². The number of anilines is 1. The van der Waals surface area contributed by atoms with E-state index in [0.29, 0.717) is 5.56 Å². The lowest BCUT2D eigenvalue weighted by molar-refractivity contribution is 0.102. The second-order valence-corrected chi connectivity index (χ2v) is 5.16. The van der Waals surface area contributed by atoms with Crippen LogP contribution in [0.3, 0.4) is 0 Å². The van der Waals surface area contributed by atoms with Gasteiger partial charge in [0.15, 0.2) is 0 Å². The number of carbonyl (C=O) groups excluding carboxylic acids is 1. The summed E-state index contributed by atoms with van der Waals surface area (Å²) in [5.74, 6) is -0.106. The largest absolute Gasteiger partial charge is 0.361 e. The first-order valence-corrected chi connectivity index (χ1v) is 6.66. The van der Waals surface area contributed by atoms with E-state index in [-0.39, 0.29) is 5.91 Å². The average Bonchev–Trinajstić information content (AvgIpc) is 2.88. The Morgan fingerprint density at radius 2 is 1.84 bits per heavy atom. The van der Waals surface area contributed by atoms with Gasteiger partial charge in [0, 0.05) is 32.8 Å². The van der Waals surface area contributed by atoms with Gasteiger partial charge in [-0.15, -0.1) is 0 Å². The molecule has 1 heterocycles. The van der Waals surface area contributed by atoms with Gasteiger partial charge >= 0.3 is 0 Å². The maximum absolute atomic E-state index is 12.1. The molecule has 0 atom stereocenters. The van der Waals surface area contributed by atoms with Gasteiger partial charge in [-0.2, -0.15) is 0 Å². The molecule has 2 aromatic carbocycles. The van der Waals surface area contributed by atoms with Crippen molar-refractivity contribution in [2.24, 2.45) is 0 Å². The lowest BCUT2D eigenvalue weighted by atomic mass is 10.1. The SMILES string of the molecule is O=C(Nc1ccc(Br)cc1)c1ccc2[nH]ccc2c1. The summed E-state index contributed by atoms with van der Waals surface area (Å²) in [6, 6.07) is 15.0. The van der Waals surface area contributed by atoms with E-state index in [9.17, 15) is 4.79 Å². The van der Waals surface area contributed by atoms with Gasteiger partial charge in [0.25, 0.3) is 5.91 Å². The first kappa shape index (κ1) is 12.0. The first-order valence-electron chi connectivity index (χ1n) is 5.86. The molecule has 0 unspecified atom stereocenters. The fraction of sp³-hybridized carbons (Fsp3) is 0. The summed E-state index contributed by atoms with van der Waals surface area (Å²) in [7, 11) is 0. The van der Waals surface area contributed by atoms with Crippen LogP contribution in [0, 0.1) is 0 Å². The molecule has 3 nitrogen and oxygen atoms in total. The van der Waals surface area contributed by atoms with Gasteiger partial charge < -0.3 is 10.3 Å². The van der Waals surface area contributed by atoms with E-state index in [2.05, 4.69) is 26.2 Å². The second-order valence-electron chi connectivity index (χ2n) is 4.24. The number of nitrogens with one attached hydrogen (secondary N) is 2. The third-order valence-electron chi connectivity index (χ3n) is 2.92. The molecule has 0 radical (unpaired) electrons. The summed E-state index contributed by atoms with van der Waals surface area (Å²) in [6.45, 7) is 0. The van der Waals surface area contributed by atoms with E-state index in [1.807, 2.05) is 54.7 Å². The molecule has 3 aromatic rings. The number of amides is 1. The Morgan fingerprint density at radius 3 is 2.63 bits per heavy atom. The molecule has 1 aromatic heterocycles. The number of rotatable bonds is 2. The number of hydrogen-bond acceptors (Lipinski definition) is 1. The van der Waals surface area contributed by atoms with E-state index >= 15 is 0 Å². The van der Waals surface area contributed by atoms with Crippen molar-refractivity contribution in [3.63, 3.8) is 0 Å². The molecule has 0 saturated heterocycles. The van der Waals surface area contributed by atoms with Crippen LogP contribution >= 0.6 is 15.9 Å². The second kappa shape index (κ2) is 4.90. The number of aromatic amines is 1. The highest BCUT2D eigenvalue weighted by molar-refractivity contribution is 9.10. The van der Waals surface area contributed by atoms with Gasteiger partial charge in [0.2, 0.25) is 0 Å². The molecule has 19 heavy (non-hydrogen) atoms. The first-order chi connectivity index (χ1) is 9.22. The monoisotopic (exact) mass is 314 g/mol. The predicted octanol–water partition coefficient (Wildman–Crippen LogP) is 4.18. The minimum atomic E-state index is -0.106. The van der Waals surface area contributed by atoms with Gasteiger partial charge in [-0.1, -0.05) is 15.9 Å². The molecule has 3 rings (SSSR count). The Labute approximate surface area is 118 Å². The van der Waals surface area contributed by atoms with E-state index in [0.717, 1.165) is 21.1 Å². The van der Waals surface area contributed by atoms with Gasteiger partial charge in [0.1, 0.15) is 0 Å². The molecule has 0 saturated carbocycles. The average molecular weight is 315 g/mol. The van der Waals surface area contributed by atoms with Crippen LogP contribution in [0.4, 0.5) is 5.69 Å². The van der Waals surface area contributed by atoms with Crippen molar-refractivity contribution in [2.45, 2.75) is 0 Å². The van der Waals surface area contributed by atoms with Crippen LogP contribution in [-0.2, 0) is 0 Å². The Bertz CT molecular complexity index is 731. The molecular formula is C15H11BrN2O. The topological polar surface area (TPSA) is 44.9 Å². The number of carbonyl (C=O) groups is 1. The summed E-state index contributed by atoms with van der Waals surface area (Å²) in [5.41, 5.74) is 2.46. The minimum absolute atomic E-state index is 0.106. The third kappa shape index (κ3) is 2.53. The van der Waals surface area contributed by atoms with E-state index < -0.39 is 0 Å². The summed E-state index contributed by atoms with van der Waals surface area (Å²) < 4.78 is 0.985. The Morgan fingerprint density at radius 1 is 1.05 bits per heavy atom. The lowest BCUT2D eigenvalue weighted by Gasteiger charge is -2.05. The van der Waals surface area contributed by atoms with Crippen LogP contribution in [0.5, 0.6) is 0 Å².